The number of amides is 1. The van der Waals surface area contributed by atoms with Gasteiger partial charge in [0.15, 0.2) is 6.04 Å². The lowest BCUT2D eigenvalue weighted by atomic mass is 10.0. The number of likely N-dealkylation sites (tertiary alicyclic amines) is 1. The fourth-order valence-corrected chi connectivity index (χ4v) is 4.65. The van der Waals surface area contributed by atoms with Crippen LogP contribution in [-0.4, -0.2) is 49.1 Å². The van der Waals surface area contributed by atoms with Crippen LogP contribution in [0, 0.1) is 6.92 Å². The zero-order chi connectivity index (χ0) is 20.0. The molecule has 1 saturated heterocycles. The number of ether oxygens (including phenoxy) is 1. The van der Waals surface area contributed by atoms with Gasteiger partial charge in [-0.05, 0) is 57.2 Å². The number of likely N-dealkylation sites (N-methyl/N-ethyl adjacent to an activating group) is 1. The van der Waals surface area contributed by atoms with Crippen molar-refractivity contribution >= 4 is 29.2 Å². The van der Waals surface area contributed by atoms with E-state index < -0.39 is 5.97 Å². The Kier molecular flexibility index (Phi) is 7.68. The first-order valence-corrected chi connectivity index (χ1v) is 10.3. The second-order valence-electron chi connectivity index (χ2n) is 7.45. The maximum Gasteiger partial charge on any atom is 0.340 e. The van der Waals surface area contributed by atoms with Gasteiger partial charge in [0.2, 0.25) is 0 Å². The second kappa shape index (κ2) is 9.56. The fraction of sp³-hybridized carbons (Fsp3) is 0.619. The predicted octanol–water partition coefficient (Wildman–Crippen LogP) is 4.56. The Morgan fingerprint density at radius 3 is 2.33 bits per heavy atom. The fourth-order valence-electron chi connectivity index (χ4n) is 4.37. The minimum atomic E-state index is -0.502. The molecule has 1 fully saturated rings. The molecular weight excluding hydrogens is 364 g/mol. The van der Waals surface area contributed by atoms with Crippen molar-refractivity contribution in [3.8, 4) is 0 Å². The van der Waals surface area contributed by atoms with Crippen LogP contribution in [0.5, 0.6) is 0 Å². The van der Waals surface area contributed by atoms with Crippen LogP contribution >= 0.6 is 11.6 Å². The zero-order valence-corrected chi connectivity index (χ0v) is 17.7. The van der Waals surface area contributed by atoms with Gasteiger partial charge in [0.05, 0.1) is 38.0 Å². The molecule has 1 aliphatic rings. The minimum Gasteiger partial charge on any atom is -0.465 e. The van der Waals surface area contributed by atoms with Gasteiger partial charge in [-0.3, -0.25) is 4.79 Å². The van der Waals surface area contributed by atoms with Crippen LogP contribution in [0.2, 0.25) is 5.02 Å². The van der Waals surface area contributed by atoms with Crippen molar-refractivity contribution in [1.82, 2.24) is 0 Å². The lowest BCUT2D eigenvalue weighted by molar-refractivity contribution is -0.940. The van der Waals surface area contributed by atoms with E-state index in [0.29, 0.717) is 16.3 Å². The molecule has 0 saturated carbocycles. The lowest BCUT2D eigenvalue weighted by Gasteiger charge is -2.42. The number of quaternary nitrogens is 1. The molecule has 1 aromatic rings. The Hall–Kier alpha value is -1.59. The molecule has 5 nitrogen and oxygen atoms in total. The van der Waals surface area contributed by atoms with Crippen LogP contribution in [0.4, 0.5) is 5.69 Å². The number of hydrogen-bond acceptors (Lipinski definition) is 3. The van der Waals surface area contributed by atoms with E-state index in [9.17, 15) is 9.59 Å². The summed E-state index contributed by atoms with van der Waals surface area (Å²) in [4.78, 5) is 25.5. The number of esters is 1. The first-order chi connectivity index (χ1) is 12.9. The highest BCUT2D eigenvalue weighted by atomic mass is 35.5. The van der Waals surface area contributed by atoms with Crippen molar-refractivity contribution in [3.63, 3.8) is 0 Å². The number of hydrogen-bond donors (Lipinski definition) is 1. The molecule has 1 aromatic carbocycles. The van der Waals surface area contributed by atoms with E-state index in [1.807, 2.05) is 6.92 Å². The molecule has 1 heterocycles. The van der Waals surface area contributed by atoms with Crippen LogP contribution < -0.4 is 5.32 Å². The predicted molar refractivity (Wildman–Crippen MR) is 109 cm³/mol. The van der Waals surface area contributed by atoms with Gasteiger partial charge < -0.3 is 14.5 Å². The van der Waals surface area contributed by atoms with Crippen LogP contribution in [0.15, 0.2) is 12.1 Å². The molecule has 0 radical (unpaired) electrons. The average molecular weight is 396 g/mol. The number of rotatable bonds is 6. The number of nitrogens with zero attached hydrogens (tertiary/aromatic N) is 1. The molecule has 6 heteroatoms. The Morgan fingerprint density at radius 2 is 1.81 bits per heavy atom. The molecule has 0 aliphatic carbocycles. The molecule has 1 N–H and O–H groups in total. The summed E-state index contributed by atoms with van der Waals surface area (Å²) in [5.74, 6) is -0.532. The van der Waals surface area contributed by atoms with Crippen LogP contribution in [-0.2, 0) is 9.53 Å². The summed E-state index contributed by atoms with van der Waals surface area (Å²) in [5.41, 5.74) is 1.55. The topological polar surface area (TPSA) is 55.4 Å². The van der Waals surface area contributed by atoms with Crippen LogP contribution in [0.25, 0.3) is 0 Å². The summed E-state index contributed by atoms with van der Waals surface area (Å²) in [6.45, 7) is 9.09. The number of nitrogens with one attached hydrogen (secondary N) is 1. The third-order valence-corrected chi connectivity index (χ3v) is 6.11. The van der Waals surface area contributed by atoms with Gasteiger partial charge in [0, 0.05) is 11.4 Å². The van der Waals surface area contributed by atoms with Gasteiger partial charge >= 0.3 is 5.97 Å². The van der Waals surface area contributed by atoms with Gasteiger partial charge in [0.1, 0.15) is 0 Å². The van der Waals surface area contributed by atoms with E-state index >= 15 is 0 Å². The van der Waals surface area contributed by atoms with E-state index in [1.54, 1.807) is 12.1 Å². The molecule has 2 rings (SSSR count). The maximum absolute atomic E-state index is 13.3. The molecule has 1 aliphatic heterocycles. The third kappa shape index (κ3) is 4.82. The number of carbonyl (C=O) groups is 2. The number of carbonyl (C=O) groups excluding carboxylic acids is 2. The average Bonchev–Trinajstić information content (AvgIpc) is 2.90. The van der Waals surface area contributed by atoms with Gasteiger partial charge in [-0.15, -0.1) is 0 Å². The van der Waals surface area contributed by atoms with E-state index in [1.165, 1.54) is 20.0 Å². The normalized spacial score (nSPS) is 17.7. The van der Waals surface area contributed by atoms with Crippen molar-refractivity contribution < 1.29 is 18.8 Å². The Labute approximate surface area is 167 Å². The Balaban J connectivity index is 2.35. The number of halogens is 1. The highest BCUT2D eigenvalue weighted by Gasteiger charge is 2.40. The SMILES string of the molecule is CCC(C(=O)Nc1c(C)cc(Cl)cc1C(=O)OC)[N+]1(CC)CCCCCC1. The standard InChI is InChI=1S/C21H31ClN2O3/c1-5-18(24(6-2)11-9-7-8-10-12-24)20(25)23-19-15(3)13-16(22)14-17(19)21(26)27-4/h13-14,18H,5-12H2,1-4H3/p+1. The first kappa shape index (κ1) is 21.7. The monoisotopic (exact) mass is 395 g/mol. The van der Waals surface area contributed by atoms with Crippen molar-refractivity contribution in [2.24, 2.45) is 0 Å². The number of aryl methyl sites for hydroxylation is 1. The summed E-state index contributed by atoms with van der Waals surface area (Å²) in [5, 5.41) is 3.48. The first-order valence-electron chi connectivity index (χ1n) is 9.93. The van der Waals surface area contributed by atoms with E-state index in [2.05, 4.69) is 19.2 Å². The molecule has 1 amide bonds. The van der Waals surface area contributed by atoms with Gasteiger partial charge in [-0.2, -0.15) is 0 Å². The van der Waals surface area contributed by atoms with Crippen molar-refractivity contribution in [2.45, 2.75) is 58.9 Å². The zero-order valence-electron chi connectivity index (χ0n) is 16.9. The van der Waals surface area contributed by atoms with Gasteiger partial charge in [-0.25, -0.2) is 4.79 Å². The lowest BCUT2D eigenvalue weighted by Crippen LogP contribution is -2.60. The van der Waals surface area contributed by atoms with Gasteiger partial charge in [-0.1, -0.05) is 18.5 Å². The van der Waals surface area contributed by atoms with Gasteiger partial charge in [0.25, 0.3) is 5.91 Å². The van der Waals surface area contributed by atoms with Crippen LogP contribution in [0.1, 0.15) is 61.9 Å². The second-order valence-corrected chi connectivity index (χ2v) is 7.88. The van der Waals surface area contributed by atoms with E-state index in [-0.39, 0.29) is 11.9 Å². The summed E-state index contributed by atoms with van der Waals surface area (Å²) in [6, 6.07) is 3.17. The molecule has 1 unspecified atom stereocenters. The number of methoxy groups -OCH3 is 1. The van der Waals surface area contributed by atoms with Crippen molar-refractivity contribution in [3.05, 3.63) is 28.3 Å². The summed E-state index contributed by atoms with van der Waals surface area (Å²) in [7, 11) is 1.33. The Morgan fingerprint density at radius 1 is 1.19 bits per heavy atom. The van der Waals surface area contributed by atoms with Crippen molar-refractivity contribution in [1.29, 1.82) is 0 Å². The minimum absolute atomic E-state index is 0.0307. The van der Waals surface area contributed by atoms with Crippen molar-refractivity contribution in [2.75, 3.05) is 32.1 Å². The maximum atomic E-state index is 13.3. The molecule has 0 aromatic heterocycles. The molecule has 0 spiro atoms. The third-order valence-electron chi connectivity index (χ3n) is 5.89. The molecule has 150 valence electrons. The molecular formula is C21H32ClN2O3+. The smallest absolute Gasteiger partial charge is 0.340 e. The molecule has 1 atom stereocenters. The molecule has 27 heavy (non-hydrogen) atoms. The summed E-state index contributed by atoms with van der Waals surface area (Å²) in [6.07, 6.45) is 5.55. The largest absolute Gasteiger partial charge is 0.465 e. The highest BCUT2D eigenvalue weighted by molar-refractivity contribution is 6.31. The Bertz CT molecular complexity index is 682. The van der Waals surface area contributed by atoms with E-state index in [4.69, 9.17) is 16.3 Å². The van der Waals surface area contributed by atoms with Crippen LogP contribution in [0.3, 0.4) is 0 Å². The number of benzene rings is 1. The van der Waals surface area contributed by atoms with E-state index in [0.717, 1.165) is 48.9 Å². The summed E-state index contributed by atoms with van der Waals surface area (Å²) < 4.78 is 5.70. The quantitative estimate of drug-likeness (QED) is 0.567. The highest BCUT2D eigenvalue weighted by Crippen LogP contribution is 2.29. The summed E-state index contributed by atoms with van der Waals surface area (Å²) >= 11 is 6.11. The number of anilines is 1. The molecule has 0 bridgehead atoms.